The molecule has 1 aliphatic carbocycles. The van der Waals surface area contributed by atoms with E-state index in [-0.39, 0.29) is 22.6 Å². The zero-order chi connectivity index (χ0) is 19.2. The van der Waals surface area contributed by atoms with Crippen molar-refractivity contribution in [2.75, 3.05) is 5.32 Å². The van der Waals surface area contributed by atoms with Gasteiger partial charge in [-0.3, -0.25) is 14.0 Å². The molecule has 1 aliphatic rings. The van der Waals surface area contributed by atoms with E-state index in [0.29, 0.717) is 10.5 Å². The number of hydrogen-bond acceptors (Lipinski definition) is 4. The number of aryl methyl sites for hydroxylation is 2. The minimum atomic E-state index is -0.293. The highest BCUT2D eigenvalue weighted by Crippen LogP contribution is 2.28. The van der Waals surface area contributed by atoms with Crippen LogP contribution >= 0.6 is 11.3 Å². The van der Waals surface area contributed by atoms with Gasteiger partial charge < -0.3 is 5.32 Å². The molecule has 27 heavy (non-hydrogen) atoms. The predicted octanol–water partition coefficient (Wildman–Crippen LogP) is 4.18. The number of aromatic nitrogens is 2. The fraction of sp³-hybridized carbons (Fsp3) is 0.381. The second-order valence-electron chi connectivity index (χ2n) is 8.06. The number of carbonyl (C=O) groups is 1. The number of nitrogens with one attached hydrogen (secondary N) is 1. The molecule has 3 aromatic rings. The lowest BCUT2D eigenvalue weighted by molar-refractivity contribution is 0.102. The topological polar surface area (TPSA) is 63.5 Å². The molecular weight excluding hydrogens is 358 g/mol. The van der Waals surface area contributed by atoms with Crippen LogP contribution in [0.2, 0.25) is 0 Å². The molecule has 0 radical (unpaired) electrons. The second kappa shape index (κ2) is 6.60. The molecule has 6 heteroatoms. The summed E-state index contributed by atoms with van der Waals surface area (Å²) in [6, 6.07) is 7.51. The summed E-state index contributed by atoms with van der Waals surface area (Å²) in [5.41, 5.74) is 2.81. The molecule has 0 saturated carbocycles. The maximum atomic E-state index is 12.9. The van der Waals surface area contributed by atoms with Gasteiger partial charge in [-0.25, -0.2) is 4.98 Å². The van der Waals surface area contributed by atoms with Crippen LogP contribution in [-0.2, 0) is 18.3 Å². The number of benzene rings is 1. The molecule has 1 amide bonds. The third-order valence-corrected chi connectivity index (χ3v) is 6.22. The highest BCUT2D eigenvalue weighted by atomic mass is 32.1. The van der Waals surface area contributed by atoms with Gasteiger partial charge in [0.05, 0.1) is 6.20 Å². The van der Waals surface area contributed by atoms with E-state index in [4.69, 9.17) is 0 Å². The molecule has 1 aromatic carbocycles. The zero-order valence-electron chi connectivity index (χ0n) is 15.8. The Morgan fingerprint density at radius 3 is 2.56 bits per heavy atom. The van der Waals surface area contributed by atoms with Crippen molar-refractivity contribution < 1.29 is 4.79 Å². The molecular formula is C21H23N3O2S. The van der Waals surface area contributed by atoms with E-state index in [1.165, 1.54) is 11.1 Å². The molecule has 5 nitrogen and oxygen atoms in total. The Labute approximate surface area is 162 Å². The fourth-order valence-corrected chi connectivity index (χ4v) is 4.64. The number of anilines is 1. The summed E-state index contributed by atoms with van der Waals surface area (Å²) in [6.45, 7) is 6.39. The largest absolute Gasteiger partial charge is 0.316 e. The summed E-state index contributed by atoms with van der Waals surface area (Å²) < 4.78 is 1.68. The average Bonchev–Trinajstić information content (AvgIpc) is 3.02. The van der Waals surface area contributed by atoms with Crippen LogP contribution in [-0.4, -0.2) is 15.3 Å². The summed E-state index contributed by atoms with van der Waals surface area (Å²) in [4.78, 5) is 31.9. The summed E-state index contributed by atoms with van der Waals surface area (Å²) >= 11 is 1.58. The maximum absolute atomic E-state index is 12.9. The Bertz CT molecular complexity index is 1070. The SMILES string of the molecule is CC(C)(C)c1ccc(C(=O)Nc2cnc3sc4c(n3c2=O)CCCC4)cc1. The first-order valence-corrected chi connectivity index (χ1v) is 10.1. The van der Waals surface area contributed by atoms with Crippen molar-refractivity contribution in [3.63, 3.8) is 0 Å². The van der Waals surface area contributed by atoms with Crippen molar-refractivity contribution in [1.29, 1.82) is 0 Å². The van der Waals surface area contributed by atoms with Crippen LogP contribution in [0.4, 0.5) is 5.69 Å². The van der Waals surface area contributed by atoms with Crippen molar-refractivity contribution in [3.8, 4) is 0 Å². The van der Waals surface area contributed by atoms with Crippen LogP contribution < -0.4 is 10.9 Å². The van der Waals surface area contributed by atoms with Gasteiger partial charge in [0.25, 0.3) is 11.5 Å². The van der Waals surface area contributed by atoms with Gasteiger partial charge in [-0.15, -0.1) is 11.3 Å². The lowest BCUT2D eigenvalue weighted by atomic mass is 9.87. The molecule has 140 valence electrons. The van der Waals surface area contributed by atoms with Gasteiger partial charge in [0.1, 0.15) is 5.69 Å². The highest BCUT2D eigenvalue weighted by Gasteiger charge is 2.20. The third kappa shape index (κ3) is 3.30. The molecule has 2 aromatic heterocycles. The van der Waals surface area contributed by atoms with Crippen molar-refractivity contribution in [3.05, 3.63) is 62.5 Å². The summed E-state index contributed by atoms with van der Waals surface area (Å²) in [5.74, 6) is -0.293. The molecule has 4 rings (SSSR count). The molecule has 0 saturated heterocycles. The number of hydrogen-bond donors (Lipinski definition) is 1. The molecule has 2 heterocycles. The lowest BCUT2D eigenvalue weighted by Crippen LogP contribution is -2.24. The van der Waals surface area contributed by atoms with Crippen molar-refractivity contribution in [2.45, 2.75) is 51.9 Å². The number of carbonyl (C=O) groups excluding carboxylic acids is 1. The Morgan fingerprint density at radius 2 is 1.85 bits per heavy atom. The summed E-state index contributed by atoms with van der Waals surface area (Å²) in [6.07, 6.45) is 5.61. The quantitative estimate of drug-likeness (QED) is 0.724. The molecule has 0 bridgehead atoms. The Hall–Kier alpha value is -2.47. The Balaban J connectivity index is 1.64. The minimum Gasteiger partial charge on any atom is -0.316 e. The van der Waals surface area contributed by atoms with Gasteiger partial charge in [-0.05, 0) is 48.8 Å². The van der Waals surface area contributed by atoms with E-state index in [2.05, 4.69) is 31.1 Å². The van der Waals surface area contributed by atoms with Crippen LogP contribution in [0, 0.1) is 0 Å². The lowest BCUT2D eigenvalue weighted by Gasteiger charge is -2.19. The van der Waals surface area contributed by atoms with Crippen LogP contribution in [0.1, 0.15) is 60.1 Å². The van der Waals surface area contributed by atoms with Crippen molar-refractivity contribution >= 4 is 27.9 Å². The van der Waals surface area contributed by atoms with E-state index in [1.807, 2.05) is 12.1 Å². The molecule has 0 aliphatic heterocycles. The standard InChI is InChI=1S/C21H23N3O2S/c1-21(2,3)14-10-8-13(9-11-14)18(25)23-15-12-22-20-24(19(15)26)16-6-4-5-7-17(16)27-20/h8-12H,4-7H2,1-3H3,(H,23,25). The van der Waals surface area contributed by atoms with Crippen LogP contribution in [0.15, 0.2) is 35.3 Å². The van der Waals surface area contributed by atoms with E-state index in [0.717, 1.165) is 36.9 Å². The number of amides is 1. The van der Waals surface area contributed by atoms with Crippen LogP contribution in [0.3, 0.4) is 0 Å². The number of rotatable bonds is 2. The van der Waals surface area contributed by atoms with E-state index in [9.17, 15) is 9.59 Å². The Morgan fingerprint density at radius 1 is 1.15 bits per heavy atom. The van der Waals surface area contributed by atoms with Crippen molar-refractivity contribution in [1.82, 2.24) is 9.38 Å². The number of thiazole rings is 1. The number of nitrogens with zero attached hydrogens (tertiary/aromatic N) is 2. The van der Waals surface area contributed by atoms with Gasteiger partial charge in [-0.2, -0.15) is 0 Å². The molecule has 0 spiro atoms. The van der Waals surface area contributed by atoms with Crippen LogP contribution in [0.25, 0.3) is 4.96 Å². The van der Waals surface area contributed by atoms with E-state index < -0.39 is 0 Å². The monoisotopic (exact) mass is 381 g/mol. The first-order chi connectivity index (χ1) is 12.8. The van der Waals surface area contributed by atoms with Gasteiger partial charge in [0.15, 0.2) is 4.96 Å². The van der Waals surface area contributed by atoms with Gasteiger partial charge in [0.2, 0.25) is 0 Å². The zero-order valence-corrected chi connectivity index (χ0v) is 16.7. The van der Waals surface area contributed by atoms with Gasteiger partial charge in [-0.1, -0.05) is 32.9 Å². The van der Waals surface area contributed by atoms with E-state index >= 15 is 0 Å². The average molecular weight is 382 g/mol. The molecule has 0 fully saturated rings. The minimum absolute atomic E-state index is 0.0286. The normalized spacial score (nSPS) is 14.2. The summed E-state index contributed by atoms with van der Waals surface area (Å²) in [7, 11) is 0. The Kier molecular flexibility index (Phi) is 4.38. The maximum Gasteiger partial charge on any atom is 0.282 e. The predicted molar refractivity (Wildman–Crippen MR) is 109 cm³/mol. The van der Waals surface area contributed by atoms with Crippen molar-refractivity contribution in [2.24, 2.45) is 0 Å². The van der Waals surface area contributed by atoms with E-state index in [1.54, 1.807) is 27.9 Å². The molecule has 0 atom stereocenters. The smallest absolute Gasteiger partial charge is 0.282 e. The molecule has 0 unspecified atom stereocenters. The van der Waals surface area contributed by atoms with Crippen LogP contribution in [0.5, 0.6) is 0 Å². The fourth-order valence-electron chi connectivity index (χ4n) is 3.47. The summed E-state index contributed by atoms with van der Waals surface area (Å²) in [5, 5.41) is 2.74. The van der Waals surface area contributed by atoms with Gasteiger partial charge >= 0.3 is 0 Å². The van der Waals surface area contributed by atoms with Gasteiger partial charge in [0, 0.05) is 16.1 Å². The first-order valence-electron chi connectivity index (χ1n) is 9.29. The second-order valence-corrected chi connectivity index (χ2v) is 9.12. The first kappa shape index (κ1) is 17.9. The third-order valence-electron chi connectivity index (χ3n) is 5.06. The molecule has 1 N–H and O–H groups in total. The number of fused-ring (bicyclic) bond motifs is 3. The highest BCUT2D eigenvalue weighted by molar-refractivity contribution is 7.17.